The van der Waals surface area contributed by atoms with Gasteiger partial charge in [-0.1, -0.05) is 54.6 Å². The zero-order valence-electron chi connectivity index (χ0n) is 12.5. The number of benzene rings is 2. The Hall–Kier alpha value is -1.90. The molecule has 110 valence electrons. The molecule has 1 N–H and O–H groups in total. The maximum absolute atomic E-state index is 3.64. The first-order valence-corrected chi connectivity index (χ1v) is 8.77. The van der Waals surface area contributed by atoms with E-state index in [4.69, 9.17) is 0 Å². The molecule has 1 nitrogen and oxygen atoms in total. The molecule has 0 radical (unpaired) electrons. The number of hydrogen-bond acceptors (Lipinski definition) is 2. The van der Waals surface area contributed by atoms with Crippen LogP contribution in [0.2, 0.25) is 0 Å². The van der Waals surface area contributed by atoms with Crippen molar-refractivity contribution < 1.29 is 0 Å². The summed E-state index contributed by atoms with van der Waals surface area (Å²) in [4.78, 5) is 1.38. The summed E-state index contributed by atoms with van der Waals surface area (Å²) >= 11 is 1.84. The molecule has 0 saturated carbocycles. The van der Waals surface area contributed by atoms with Gasteiger partial charge in [-0.05, 0) is 47.5 Å². The third-order valence-electron chi connectivity index (χ3n) is 4.39. The Morgan fingerprint density at radius 1 is 0.864 bits per heavy atom. The molecule has 1 saturated heterocycles. The van der Waals surface area contributed by atoms with Gasteiger partial charge in [-0.2, -0.15) is 0 Å². The average molecular weight is 305 g/mol. The second-order valence-corrected chi connectivity index (χ2v) is 6.68. The van der Waals surface area contributed by atoms with Crippen molar-refractivity contribution in [1.29, 1.82) is 0 Å². The Kier molecular flexibility index (Phi) is 3.79. The van der Waals surface area contributed by atoms with E-state index in [1.54, 1.807) is 0 Å². The van der Waals surface area contributed by atoms with Crippen LogP contribution in [-0.2, 0) is 0 Å². The molecule has 0 amide bonds. The third kappa shape index (κ3) is 2.49. The number of thiophene rings is 1. The molecule has 3 aromatic rings. The van der Waals surface area contributed by atoms with E-state index in [-0.39, 0.29) is 0 Å². The summed E-state index contributed by atoms with van der Waals surface area (Å²) in [6.07, 6.45) is 2.51. The SMILES string of the molecule is c1ccc(-c2ccsc2-c2ccccc2C2CCCN2)cc1. The largest absolute Gasteiger partial charge is 0.310 e. The van der Waals surface area contributed by atoms with E-state index in [1.165, 1.54) is 40.0 Å². The molecule has 4 rings (SSSR count). The first-order valence-electron chi connectivity index (χ1n) is 7.89. The predicted octanol–water partition coefficient (Wildman–Crippen LogP) is 5.51. The van der Waals surface area contributed by atoms with Crippen LogP contribution in [-0.4, -0.2) is 6.54 Å². The van der Waals surface area contributed by atoms with Crippen LogP contribution in [0.1, 0.15) is 24.4 Å². The zero-order valence-corrected chi connectivity index (χ0v) is 13.3. The molecule has 1 aliphatic heterocycles. The molecule has 1 aromatic heterocycles. The van der Waals surface area contributed by atoms with E-state index < -0.39 is 0 Å². The number of rotatable bonds is 3. The van der Waals surface area contributed by atoms with Crippen LogP contribution in [0.15, 0.2) is 66.0 Å². The van der Waals surface area contributed by atoms with E-state index in [9.17, 15) is 0 Å². The monoisotopic (exact) mass is 305 g/mol. The van der Waals surface area contributed by atoms with Gasteiger partial charge in [0, 0.05) is 16.5 Å². The van der Waals surface area contributed by atoms with Gasteiger partial charge < -0.3 is 5.32 Å². The van der Waals surface area contributed by atoms with Crippen LogP contribution in [0, 0.1) is 0 Å². The van der Waals surface area contributed by atoms with Crippen LogP contribution in [0.5, 0.6) is 0 Å². The van der Waals surface area contributed by atoms with Crippen molar-refractivity contribution in [1.82, 2.24) is 5.32 Å². The molecule has 1 atom stereocenters. The Morgan fingerprint density at radius 3 is 2.50 bits per heavy atom. The number of nitrogens with one attached hydrogen (secondary N) is 1. The van der Waals surface area contributed by atoms with Gasteiger partial charge in [0.15, 0.2) is 0 Å². The normalized spacial score (nSPS) is 17.7. The maximum atomic E-state index is 3.64. The van der Waals surface area contributed by atoms with E-state index in [0.29, 0.717) is 6.04 Å². The zero-order chi connectivity index (χ0) is 14.8. The minimum absolute atomic E-state index is 0.502. The highest BCUT2D eigenvalue weighted by Crippen LogP contribution is 2.41. The molecule has 22 heavy (non-hydrogen) atoms. The Balaban J connectivity index is 1.82. The van der Waals surface area contributed by atoms with Crippen molar-refractivity contribution in [2.24, 2.45) is 0 Å². The molecule has 1 aliphatic rings. The summed E-state index contributed by atoms with van der Waals surface area (Å²) in [7, 11) is 0. The van der Waals surface area contributed by atoms with Gasteiger partial charge in [-0.3, -0.25) is 0 Å². The predicted molar refractivity (Wildman–Crippen MR) is 95.2 cm³/mol. The van der Waals surface area contributed by atoms with Crippen LogP contribution in [0.4, 0.5) is 0 Å². The first-order chi connectivity index (χ1) is 10.9. The Morgan fingerprint density at radius 2 is 1.68 bits per heavy atom. The summed E-state index contributed by atoms with van der Waals surface area (Å²) in [6.45, 7) is 1.13. The van der Waals surface area contributed by atoms with Crippen molar-refractivity contribution in [2.45, 2.75) is 18.9 Å². The highest BCUT2D eigenvalue weighted by Gasteiger charge is 2.21. The average Bonchev–Trinajstić information content (AvgIpc) is 3.27. The molecule has 2 aromatic carbocycles. The minimum Gasteiger partial charge on any atom is -0.310 e. The molecular weight excluding hydrogens is 286 g/mol. The lowest BCUT2D eigenvalue weighted by atomic mass is 9.95. The van der Waals surface area contributed by atoms with Crippen molar-refractivity contribution in [3.8, 4) is 21.6 Å². The summed E-state index contributed by atoms with van der Waals surface area (Å²) in [5.41, 5.74) is 5.47. The van der Waals surface area contributed by atoms with Crippen molar-refractivity contribution in [3.63, 3.8) is 0 Å². The molecule has 2 heteroatoms. The molecule has 1 fully saturated rings. The summed E-state index contributed by atoms with van der Waals surface area (Å²) in [5.74, 6) is 0. The van der Waals surface area contributed by atoms with Gasteiger partial charge in [0.05, 0.1) is 0 Å². The molecule has 0 spiro atoms. The fraction of sp³-hybridized carbons (Fsp3) is 0.200. The van der Waals surface area contributed by atoms with Gasteiger partial charge in [-0.15, -0.1) is 11.3 Å². The Labute approximate surface area is 135 Å². The fourth-order valence-corrected chi connectivity index (χ4v) is 4.29. The summed E-state index contributed by atoms with van der Waals surface area (Å²) in [5, 5.41) is 5.84. The van der Waals surface area contributed by atoms with Crippen molar-refractivity contribution >= 4 is 11.3 Å². The molecular formula is C20H19NS. The van der Waals surface area contributed by atoms with Crippen LogP contribution in [0.3, 0.4) is 0 Å². The highest BCUT2D eigenvalue weighted by atomic mass is 32.1. The van der Waals surface area contributed by atoms with Crippen LogP contribution < -0.4 is 5.32 Å². The van der Waals surface area contributed by atoms with Gasteiger partial charge >= 0.3 is 0 Å². The highest BCUT2D eigenvalue weighted by molar-refractivity contribution is 7.14. The van der Waals surface area contributed by atoms with E-state index >= 15 is 0 Å². The lowest BCUT2D eigenvalue weighted by Gasteiger charge is -2.16. The van der Waals surface area contributed by atoms with E-state index in [2.05, 4.69) is 71.4 Å². The second-order valence-electron chi connectivity index (χ2n) is 5.77. The number of hydrogen-bond donors (Lipinski definition) is 1. The van der Waals surface area contributed by atoms with Gasteiger partial charge in [0.2, 0.25) is 0 Å². The lowest BCUT2D eigenvalue weighted by Crippen LogP contribution is -2.13. The minimum atomic E-state index is 0.502. The van der Waals surface area contributed by atoms with Crippen LogP contribution in [0.25, 0.3) is 21.6 Å². The molecule has 2 heterocycles. The first kappa shape index (κ1) is 13.7. The van der Waals surface area contributed by atoms with E-state index in [0.717, 1.165) is 6.54 Å². The molecule has 0 bridgehead atoms. The smallest absolute Gasteiger partial charge is 0.0424 e. The summed E-state index contributed by atoms with van der Waals surface area (Å²) in [6, 6.07) is 22.3. The van der Waals surface area contributed by atoms with Gasteiger partial charge in [0.1, 0.15) is 0 Å². The van der Waals surface area contributed by atoms with E-state index in [1.807, 2.05) is 11.3 Å². The van der Waals surface area contributed by atoms with Crippen LogP contribution >= 0.6 is 11.3 Å². The molecule has 0 aliphatic carbocycles. The summed E-state index contributed by atoms with van der Waals surface area (Å²) < 4.78 is 0. The topological polar surface area (TPSA) is 12.0 Å². The molecule has 1 unspecified atom stereocenters. The van der Waals surface area contributed by atoms with Gasteiger partial charge in [0.25, 0.3) is 0 Å². The second kappa shape index (κ2) is 6.07. The van der Waals surface area contributed by atoms with Crippen molar-refractivity contribution in [2.75, 3.05) is 6.54 Å². The van der Waals surface area contributed by atoms with Gasteiger partial charge in [-0.25, -0.2) is 0 Å². The van der Waals surface area contributed by atoms with Crippen molar-refractivity contribution in [3.05, 3.63) is 71.6 Å². The lowest BCUT2D eigenvalue weighted by molar-refractivity contribution is 0.649. The quantitative estimate of drug-likeness (QED) is 0.673. The fourth-order valence-electron chi connectivity index (χ4n) is 3.32. The third-order valence-corrected chi connectivity index (χ3v) is 5.34. The maximum Gasteiger partial charge on any atom is 0.0424 e. The standard InChI is InChI=1S/C20H19NS/c1-2-7-15(8-3-1)16-12-14-22-20(16)18-10-5-4-9-17(18)19-11-6-13-21-19/h1-5,7-10,12,14,19,21H,6,11,13H2. The Bertz CT molecular complexity index is 754.